The van der Waals surface area contributed by atoms with Crippen LogP contribution < -0.4 is 5.32 Å². The van der Waals surface area contributed by atoms with E-state index in [0.717, 1.165) is 38.8 Å². The maximum Gasteiger partial charge on any atom is 0.243 e. The number of aryl methyl sites for hydroxylation is 1. The van der Waals surface area contributed by atoms with Crippen LogP contribution in [0.2, 0.25) is 0 Å². The van der Waals surface area contributed by atoms with Crippen molar-refractivity contribution in [3.8, 4) is 0 Å². The van der Waals surface area contributed by atoms with E-state index in [1.165, 1.54) is 0 Å². The van der Waals surface area contributed by atoms with Crippen LogP contribution in [-0.2, 0) is 11.3 Å². The molecule has 1 N–H and O–H groups in total. The molecule has 2 rings (SSSR count). The maximum absolute atomic E-state index is 12.3. The molecule has 4 nitrogen and oxygen atoms in total. The van der Waals surface area contributed by atoms with Gasteiger partial charge in [0.2, 0.25) is 5.91 Å². The summed E-state index contributed by atoms with van der Waals surface area (Å²) in [7, 11) is 0. The Morgan fingerprint density at radius 1 is 1.05 bits per heavy atom. The molecule has 2 heterocycles. The fraction of sp³-hybridized carbons (Fsp3) is 0.471. The van der Waals surface area contributed by atoms with Gasteiger partial charge in [-0.25, -0.2) is 0 Å². The molecule has 114 valence electrons. The first-order valence-corrected chi connectivity index (χ1v) is 7.82. The molecule has 21 heavy (non-hydrogen) atoms. The minimum Gasteiger partial charge on any atom is -0.354 e. The van der Waals surface area contributed by atoms with E-state index >= 15 is 0 Å². The highest BCUT2D eigenvalue weighted by Crippen LogP contribution is 2.16. The lowest BCUT2D eigenvalue weighted by atomic mass is 10.1. The van der Waals surface area contributed by atoms with E-state index in [0.29, 0.717) is 0 Å². The van der Waals surface area contributed by atoms with Crippen molar-refractivity contribution in [1.82, 2.24) is 14.5 Å². The zero-order chi connectivity index (χ0) is 14.9. The third-order valence-corrected chi connectivity index (χ3v) is 3.65. The summed E-state index contributed by atoms with van der Waals surface area (Å²) in [5, 5.41) is 3.01. The van der Waals surface area contributed by atoms with E-state index in [1.807, 2.05) is 41.2 Å². The molecule has 0 bridgehead atoms. The van der Waals surface area contributed by atoms with Crippen LogP contribution in [0.1, 0.15) is 38.6 Å². The number of unbranched alkanes of at least 4 members (excludes halogenated alkanes) is 1. The smallest absolute Gasteiger partial charge is 0.243 e. The minimum absolute atomic E-state index is 0.0868. The van der Waals surface area contributed by atoms with E-state index in [4.69, 9.17) is 0 Å². The Kier molecular flexibility index (Phi) is 6.13. The van der Waals surface area contributed by atoms with Gasteiger partial charge in [-0.2, -0.15) is 0 Å². The summed E-state index contributed by atoms with van der Waals surface area (Å²) in [4.78, 5) is 12.3. The zero-order valence-electron chi connectivity index (χ0n) is 12.7. The number of nitrogens with zero attached hydrogens (tertiary/aromatic N) is 2. The van der Waals surface area contributed by atoms with Crippen molar-refractivity contribution in [2.24, 2.45) is 0 Å². The third kappa shape index (κ3) is 4.81. The lowest BCUT2D eigenvalue weighted by Gasteiger charge is -2.18. The van der Waals surface area contributed by atoms with Crippen LogP contribution >= 0.6 is 0 Å². The van der Waals surface area contributed by atoms with E-state index in [2.05, 4.69) is 29.2 Å². The molecule has 0 saturated carbocycles. The summed E-state index contributed by atoms with van der Waals surface area (Å²) in [5.74, 6) is 0.133. The molecule has 1 atom stereocenters. The number of nitrogens with one attached hydrogen (secondary N) is 1. The van der Waals surface area contributed by atoms with Gasteiger partial charge in [0.05, 0.1) is 0 Å². The summed E-state index contributed by atoms with van der Waals surface area (Å²) in [6, 6.07) is 7.94. The second-order valence-electron chi connectivity index (χ2n) is 5.35. The first kappa shape index (κ1) is 15.4. The molecule has 0 aliphatic carbocycles. The first-order chi connectivity index (χ1) is 10.3. The molecule has 0 saturated heterocycles. The van der Waals surface area contributed by atoms with Crippen LogP contribution in [0.5, 0.6) is 0 Å². The van der Waals surface area contributed by atoms with Crippen LogP contribution in [0.25, 0.3) is 0 Å². The Balaban J connectivity index is 1.82. The van der Waals surface area contributed by atoms with Crippen molar-refractivity contribution in [3.05, 3.63) is 49.1 Å². The normalized spacial score (nSPS) is 12.2. The summed E-state index contributed by atoms with van der Waals surface area (Å²) in [5.41, 5.74) is 0. The number of hydrogen-bond donors (Lipinski definition) is 1. The summed E-state index contributed by atoms with van der Waals surface area (Å²) < 4.78 is 4.20. The molecule has 1 amide bonds. The Morgan fingerprint density at radius 3 is 2.38 bits per heavy atom. The molecule has 0 radical (unpaired) electrons. The lowest BCUT2D eigenvalue weighted by molar-refractivity contribution is -0.124. The Labute approximate surface area is 126 Å². The van der Waals surface area contributed by atoms with E-state index in [1.54, 1.807) is 0 Å². The molecule has 2 aromatic heterocycles. The van der Waals surface area contributed by atoms with E-state index in [9.17, 15) is 4.79 Å². The summed E-state index contributed by atoms with van der Waals surface area (Å²) in [6.07, 6.45) is 12.1. The standard InChI is InChI=1S/C17H25N3O/c1-2-10-18-17(21)16(20-14-7-8-15-20)9-3-4-11-19-12-5-6-13-19/h5-8,12-16H,2-4,9-11H2,1H3,(H,18,21)/t16-/m0/s1. The van der Waals surface area contributed by atoms with Gasteiger partial charge in [-0.05, 0) is 49.9 Å². The van der Waals surface area contributed by atoms with Gasteiger partial charge in [0.15, 0.2) is 0 Å². The molecule has 4 heteroatoms. The molecule has 2 aromatic rings. The van der Waals surface area contributed by atoms with E-state index in [-0.39, 0.29) is 11.9 Å². The summed E-state index contributed by atoms with van der Waals surface area (Å²) >= 11 is 0. The lowest BCUT2D eigenvalue weighted by Crippen LogP contribution is -2.32. The van der Waals surface area contributed by atoms with E-state index < -0.39 is 0 Å². The SMILES string of the molecule is CCCNC(=O)[C@H](CCCCn1cccc1)n1cccc1. The Bertz CT molecular complexity index is 502. The van der Waals surface area contributed by atoms with Crippen LogP contribution in [0, 0.1) is 0 Å². The summed E-state index contributed by atoms with van der Waals surface area (Å²) in [6.45, 7) is 3.84. The molecule has 0 unspecified atom stereocenters. The fourth-order valence-electron chi connectivity index (χ4n) is 2.49. The van der Waals surface area contributed by atoms with Crippen molar-refractivity contribution >= 4 is 5.91 Å². The van der Waals surface area contributed by atoms with Crippen molar-refractivity contribution in [3.63, 3.8) is 0 Å². The van der Waals surface area contributed by atoms with Gasteiger partial charge in [0, 0.05) is 37.9 Å². The molecule has 0 aromatic carbocycles. The minimum atomic E-state index is -0.0868. The van der Waals surface area contributed by atoms with Crippen molar-refractivity contribution in [2.45, 2.75) is 45.2 Å². The highest BCUT2D eigenvalue weighted by atomic mass is 16.2. The molecular weight excluding hydrogens is 262 g/mol. The fourth-order valence-corrected chi connectivity index (χ4v) is 2.49. The number of amides is 1. The quantitative estimate of drug-likeness (QED) is 0.707. The second-order valence-corrected chi connectivity index (χ2v) is 5.35. The monoisotopic (exact) mass is 287 g/mol. The van der Waals surface area contributed by atoms with Crippen LogP contribution in [0.3, 0.4) is 0 Å². The van der Waals surface area contributed by atoms with Gasteiger partial charge in [-0.1, -0.05) is 6.92 Å². The highest BCUT2D eigenvalue weighted by Gasteiger charge is 2.18. The predicted octanol–water partition coefficient (Wildman–Crippen LogP) is 3.23. The molecule has 0 aliphatic heterocycles. The molecular formula is C17H25N3O. The average Bonchev–Trinajstić information content (AvgIpc) is 3.17. The van der Waals surface area contributed by atoms with Gasteiger partial charge in [0.1, 0.15) is 6.04 Å². The van der Waals surface area contributed by atoms with Crippen LogP contribution in [-0.4, -0.2) is 21.6 Å². The Morgan fingerprint density at radius 2 is 1.71 bits per heavy atom. The highest BCUT2D eigenvalue weighted by molar-refractivity contribution is 5.80. The van der Waals surface area contributed by atoms with Gasteiger partial charge < -0.3 is 14.5 Å². The molecule has 0 fully saturated rings. The largest absolute Gasteiger partial charge is 0.354 e. The number of aromatic nitrogens is 2. The first-order valence-electron chi connectivity index (χ1n) is 7.82. The van der Waals surface area contributed by atoms with Crippen molar-refractivity contribution in [2.75, 3.05) is 6.54 Å². The van der Waals surface area contributed by atoms with Crippen molar-refractivity contribution in [1.29, 1.82) is 0 Å². The Hall–Kier alpha value is -1.97. The third-order valence-electron chi connectivity index (χ3n) is 3.65. The number of carbonyl (C=O) groups excluding carboxylic acids is 1. The van der Waals surface area contributed by atoms with Gasteiger partial charge in [-0.3, -0.25) is 4.79 Å². The van der Waals surface area contributed by atoms with Crippen molar-refractivity contribution < 1.29 is 4.79 Å². The zero-order valence-corrected chi connectivity index (χ0v) is 12.7. The van der Waals surface area contributed by atoms with Gasteiger partial charge in [0.25, 0.3) is 0 Å². The number of hydrogen-bond acceptors (Lipinski definition) is 1. The predicted molar refractivity (Wildman–Crippen MR) is 85.1 cm³/mol. The number of rotatable bonds is 9. The second kappa shape index (κ2) is 8.35. The van der Waals surface area contributed by atoms with Gasteiger partial charge >= 0.3 is 0 Å². The number of carbonyl (C=O) groups is 1. The average molecular weight is 287 g/mol. The topological polar surface area (TPSA) is 39.0 Å². The van der Waals surface area contributed by atoms with Gasteiger partial charge in [-0.15, -0.1) is 0 Å². The molecule has 0 spiro atoms. The van der Waals surface area contributed by atoms with Crippen LogP contribution in [0.15, 0.2) is 49.1 Å². The maximum atomic E-state index is 12.3. The van der Waals surface area contributed by atoms with Crippen LogP contribution in [0.4, 0.5) is 0 Å². The molecule has 0 aliphatic rings.